The van der Waals surface area contributed by atoms with Gasteiger partial charge in [0.05, 0.1) is 6.54 Å². The fourth-order valence-electron chi connectivity index (χ4n) is 1.62. The lowest BCUT2D eigenvalue weighted by atomic mass is 10.1. The second kappa shape index (κ2) is 6.47. The predicted octanol–water partition coefficient (Wildman–Crippen LogP) is 1.92. The second-order valence-electron chi connectivity index (χ2n) is 4.57. The van der Waals surface area contributed by atoms with E-state index < -0.39 is 23.9 Å². The maximum atomic E-state index is 12.2. The molecule has 0 aliphatic carbocycles. The van der Waals surface area contributed by atoms with Crippen LogP contribution >= 0.6 is 0 Å². The Bertz CT molecular complexity index is 512. The van der Waals surface area contributed by atoms with Gasteiger partial charge in [0, 0.05) is 11.6 Å². The molecule has 0 aliphatic rings. The average molecular weight is 304 g/mol. The zero-order valence-electron chi connectivity index (χ0n) is 11.5. The summed E-state index contributed by atoms with van der Waals surface area (Å²) < 4.78 is 39.8. The molecule has 1 aromatic rings. The van der Waals surface area contributed by atoms with E-state index in [0.717, 1.165) is 12.1 Å². The monoisotopic (exact) mass is 304 g/mol. The summed E-state index contributed by atoms with van der Waals surface area (Å²) in [6, 6.07) is 4.17. The maximum Gasteiger partial charge on any atom is 0.573 e. The van der Waals surface area contributed by atoms with Crippen molar-refractivity contribution in [2.45, 2.75) is 26.3 Å². The molecular weight excluding hydrogens is 289 g/mol. The topological polar surface area (TPSA) is 72.6 Å². The van der Waals surface area contributed by atoms with Gasteiger partial charge in [-0.3, -0.25) is 9.59 Å². The summed E-state index contributed by atoms with van der Waals surface area (Å²) in [5.41, 5.74) is 5.20. The Hall–Kier alpha value is -2.25. The van der Waals surface area contributed by atoms with Gasteiger partial charge in [-0.25, -0.2) is 0 Å². The number of ether oxygens (including phenoxy) is 1. The molecule has 0 saturated heterocycles. The second-order valence-corrected chi connectivity index (χ2v) is 4.57. The van der Waals surface area contributed by atoms with Crippen molar-refractivity contribution in [3.05, 3.63) is 29.8 Å². The summed E-state index contributed by atoms with van der Waals surface area (Å²) in [7, 11) is 0. The van der Waals surface area contributed by atoms with Crippen molar-refractivity contribution < 1.29 is 27.5 Å². The molecule has 21 heavy (non-hydrogen) atoms. The van der Waals surface area contributed by atoms with Crippen LogP contribution in [0.25, 0.3) is 0 Å². The molecule has 2 N–H and O–H groups in total. The van der Waals surface area contributed by atoms with Crippen molar-refractivity contribution >= 4 is 11.8 Å². The number of hydrogen-bond acceptors (Lipinski definition) is 3. The minimum Gasteiger partial charge on any atom is -0.406 e. The molecule has 0 radical (unpaired) electrons. The molecule has 2 amide bonds. The van der Waals surface area contributed by atoms with Crippen LogP contribution < -0.4 is 10.5 Å². The lowest BCUT2D eigenvalue weighted by Gasteiger charge is -2.25. The third kappa shape index (κ3) is 5.33. The molecule has 1 rings (SSSR count). The first-order valence-electron chi connectivity index (χ1n) is 6.05. The minimum absolute atomic E-state index is 0.138. The van der Waals surface area contributed by atoms with Crippen LogP contribution in [0.3, 0.4) is 0 Å². The van der Waals surface area contributed by atoms with Crippen LogP contribution in [0, 0.1) is 0 Å². The summed E-state index contributed by atoms with van der Waals surface area (Å²) in [5, 5.41) is 0. The van der Waals surface area contributed by atoms with E-state index in [1.54, 1.807) is 13.8 Å². The normalized spacial score (nSPS) is 11.3. The first-order valence-corrected chi connectivity index (χ1v) is 6.05. The molecule has 0 spiro atoms. The summed E-state index contributed by atoms with van der Waals surface area (Å²) in [4.78, 5) is 24.3. The number of carbonyl (C=O) groups is 2. The van der Waals surface area contributed by atoms with E-state index in [2.05, 4.69) is 4.74 Å². The van der Waals surface area contributed by atoms with Gasteiger partial charge in [-0.2, -0.15) is 0 Å². The van der Waals surface area contributed by atoms with Gasteiger partial charge in [-0.05, 0) is 38.1 Å². The van der Waals surface area contributed by atoms with Gasteiger partial charge < -0.3 is 15.4 Å². The molecule has 0 aromatic heterocycles. The zero-order chi connectivity index (χ0) is 16.2. The molecule has 116 valence electrons. The van der Waals surface area contributed by atoms with Crippen LogP contribution in [-0.4, -0.2) is 35.7 Å². The number of halogens is 3. The molecule has 8 heteroatoms. The fraction of sp³-hybridized carbons (Fsp3) is 0.385. The van der Waals surface area contributed by atoms with Crippen LogP contribution in [0.1, 0.15) is 24.2 Å². The van der Waals surface area contributed by atoms with Gasteiger partial charge in [0.25, 0.3) is 5.91 Å². The highest BCUT2D eigenvalue weighted by Crippen LogP contribution is 2.23. The van der Waals surface area contributed by atoms with Gasteiger partial charge in [0.2, 0.25) is 5.91 Å². The molecule has 0 bridgehead atoms. The summed E-state index contributed by atoms with van der Waals surface area (Å²) >= 11 is 0. The Morgan fingerprint density at radius 1 is 1.24 bits per heavy atom. The van der Waals surface area contributed by atoms with Crippen molar-refractivity contribution in [1.82, 2.24) is 4.90 Å². The molecule has 0 atom stereocenters. The average Bonchev–Trinajstić information content (AvgIpc) is 2.33. The van der Waals surface area contributed by atoms with E-state index in [1.807, 2.05) is 0 Å². The molecule has 0 fully saturated rings. The standard InChI is InChI=1S/C13H15F3N2O3/c1-8(2)18(7-11(17)19)12(20)9-3-5-10(6-4-9)21-13(14,15)16/h3-6,8H,7H2,1-2H3,(H2,17,19). The highest BCUT2D eigenvalue weighted by molar-refractivity contribution is 5.96. The van der Waals surface area contributed by atoms with Crippen molar-refractivity contribution in [2.24, 2.45) is 5.73 Å². The number of carbonyl (C=O) groups excluding carboxylic acids is 2. The summed E-state index contributed by atoms with van der Waals surface area (Å²) in [6.07, 6.45) is -4.79. The first kappa shape index (κ1) is 16.8. The van der Waals surface area contributed by atoms with E-state index >= 15 is 0 Å². The van der Waals surface area contributed by atoms with Crippen LogP contribution in [-0.2, 0) is 4.79 Å². The smallest absolute Gasteiger partial charge is 0.406 e. The van der Waals surface area contributed by atoms with Crippen molar-refractivity contribution in [3.8, 4) is 5.75 Å². The lowest BCUT2D eigenvalue weighted by Crippen LogP contribution is -2.42. The van der Waals surface area contributed by atoms with Crippen LogP contribution in [0.15, 0.2) is 24.3 Å². The number of benzene rings is 1. The number of rotatable bonds is 5. The molecule has 5 nitrogen and oxygen atoms in total. The van der Waals surface area contributed by atoms with Crippen LogP contribution in [0.5, 0.6) is 5.75 Å². The van der Waals surface area contributed by atoms with Gasteiger partial charge in [0.15, 0.2) is 0 Å². The number of alkyl halides is 3. The third-order valence-electron chi connectivity index (χ3n) is 2.55. The molecule has 1 aromatic carbocycles. The third-order valence-corrected chi connectivity index (χ3v) is 2.55. The highest BCUT2D eigenvalue weighted by atomic mass is 19.4. The molecule has 0 unspecified atom stereocenters. The van der Waals surface area contributed by atoms with Gasteiger partial charge in [-0.15, -0.1) is 13.2 Å². The Labute approximate surface area is 119 Å². The van der Waals surface area contributed by atoms with Crippen LogP contribution in [0.2, 0.25) is 0 Å². The quantitative estimate of drug-likeness (QED) is 0.903. The lowest BCUT2D eigenvalue weighted by molar-refractivity contribution is -0.274. The van der Waals surface area contributed by atoms with Gasteiger partial charge in [0.1, 0.15) is 5.75 Å². The first-order chi connectivity index (χ1) is 9.60. The number of amides is 2. The molecular formula is C13H15F3N2O3. The van der Waals surface area contributed by atoms with Crippen molar-refractivity contribution in [1.29, 1.82) is 0 Å². The maximum absolute atomic E-state index is 12.2. The largest absolute Gasteiger partial charge is 0.573 e. The van der Waals surface area contributed by atoms with Crippen molar-refractivity contribution in [3.63, 3.8) is 0 Å². The number of primary amides is 1. The van der Waals surface area contributed by atoms with E-state index in [-0.39, 0.29) is 18.2 Å². The van der Waals surface area contributed by atoms with E-state index in [4.69, 9.17) is 5.73 Å². The van der Waals surface area contributed by atoms with Crippen LogP contribution in [0.4, 0.5) is 13.2 Å². The number of nitrogens with two attached hydrogens (primary N) is 1. The Balaban J connectivity index is 2.89. The summed E-state index contributed by atoms with van der Waals surface area (Å²) in [6.45, 7) is 3.13. The number of hydrogen-bond donors (Lipinski definition) is 1. The van der Waals surface area contributed by atoms with E-state index in [1.165, 1.54) is 17.0 Å². The molecule has 0 heterocycles. The number of nitrogens with zero attached hydrogens (tertiary/aromatic N) is 1. The summed E-state index contributed by atoms with van der Waals surface area (Å²) in [5.74, 6) is -1.60. The zero-order valence-corrected chi connectivity index (χ0v) is 11.5. The Morgan fingerprint density at radius 3 is 2.14 bits per heavy atom. The molecule has 0 aliphatic heterocycles. The minimum atomic E-state index is -4.79. The van der Waals surface area contributed by atoms with Gasteiger partial charge >= 0.3 is 6.36 Å². The Morgan fingerprint density at radius 2 is 1.76 bits per heavy atom. The molecule has 0 saturated carbocycles. The fourth-order valence-corrected chi connectivity index (χ4v) is 1.62. The van der Waals surface area contributed by atoms with E-state index in [0.29, 0.717) is 0 Å². The van der Waals surface area contributed by atoms with Crippen molar-refractivity contribution in [2.75, 3.05) is 6.54 Å². The van der Waals surface area contributed by atoms with E-state index in [9.17, 15) is 22.8 Å². The SMILES string of the molecule is CC(C)N(CC(N)=O)C(=O)c1ccc(OC(F)(F)F)cc1. The predicted molar refractivity (Wildman–Crippen MR) is 68.5 cm³/mol. The highest BCUT2D eigenvalue weighted by Gasteiger charge is 2.31. The Kier molecular flexibility index (Phi) is 5.17. The van der Waals surface area contributed by atoms with Gasteiger partial charge in [-0.1, -0.05) is 0 Å².